The van der Waals surface area contributed by atoms with Crippen molar-refractivity contribution in [1.29, 1.82) is 0 Å². The molecule has 8 heteroatoms. The van der Waals surface area contributed by atoms with E-state index in [2.05, 4.69) is 10.8 Å². The summed E-state index contributed by atoms with van der Waals surface area (Å²) in [5, 5.41) is 0. The van der Waals surface area contributed by atoms with Crippen molar-refractivity contribution in [3.8, 4) is 0 Å². The summed E-state index contributed by atoms with van der Waals surface area (Å²) in [5.41, 5.74) is 0.432. The van der Waals surface area contributed by atoms with Crippen molar-refractivity contribution in [2.24, 2.45) is 0 Å². The van der Waals surface area contributed by atoms with Gasteiger partial charge in [-0.2, -0.15) is 0 Å². The van der Waals surface area contributed by atoms with Crippen LogP contribution in [0.25, 0.3) is 0 Å². The average molecular weight is 283 g/mol. The quantitative estimate of drug-likeness (QED) is 0.246. The molecule has 0 aromatic rings. The summed E-state index contributed by atoms with van der Waals surface area (Å²) in [6.45, 7) is 9.14. The SMILES string of the molecule is C=C(C)C(=O)O[N+](C)(C)C(C)C.COS(=O)(=O)[O-]. The Morgan fingerprint density at radius 1 is 1.33 bits per heavy atom. The van der Waals surface area contributed by atoms with Crippen molar-refractivity contribution in [3.05, 3.63) is 12.2 Å². The summed E-state index contributed by atoms with van der Waals surface area (Å²) >= 11 is 0. The molecule has 0 saturated carbocycles. The molecule has 0 aliphatic heterocycles. The van der Waals surface area contributed by atoms with Gasteiger partial charge < -0.3 is 4.55 Å². The van der Waals surface area contributed by atoms with Crippen LogP contribution in [0, 0.1) is 0 Å². The third-order valence-corrected chi connectivity index (χ3v) is 2.52. The molecule has 0 unspecified atom stereocenters. The summed E-state index contributed by atoms with van der Waals surface area (Å²) < 4.78 is 31.2. The molecule has 0 heterocycles. The summed E-state index contributed by atoms with van der Waals surface area (Å²) in [4.78, 5) is 16.3. The van der Waals surface area contributed by atoms with E-state index < -0.39 is 10.4 Å². The number of rotatable bonds is 4. The van der Waals surface area contributed by atoms with E-state index in [1.165, 1.54) is 0 Å². The van der Waals surface area contributed by atoms with Gasteiger partial charge >= 0.3 is 5.97 Å². The van der Waals surface area contributed by atoms with E-state index in [1.807, 2.05) is 27.9 Å². The number of carbonyl (C=O) groups excluding carboxylic acids is 1. The van der Waals surface area contributed by atoms with Crippen LogP contribution in [-0.2, 0) is 24.2 Å². The van der Waals surface area contributed by atoms with Gasteiger partial charge in [0, 0.05) is 5.57 Å². The van der Waals surface area contributed by atoms with Gasteiger partial charge in [0.15, 0.2) is 0 Å². The van der Waals surface area contributed by atoms with Gasteiger partial charge in [0.05, 0.1) is 7.11 Å². The van der Waals surface area contributed by atoms with Gasteiger partial charge in [-0.1, -0.05) is 6.58 Å². The van der Waals surface area contributed by atoms with Crippen LogP contribution in [0.1, 0.15) is 20.8 Å². The molecule has 7 nitrogen and oxygen atoms in total. The fourth-order valence-corrected chi connectivity index (χ4v) is 0.397. The molecule has 0 aromatic carbocycles. The van der Waals surface area contributed by atoms with E-state index in [0.29, 0.717) is 5.57 Å². The Labute approximate surface area is 108 Å². The van der Waals surface area contributed by atoms with Gasteiger partial charge in [0.2, 0.25) is 10.4 Å². The third-order valence-electron chi connectivity index (χ3n) is 2.11. The molecule has 0 aliphatic rings. The normalized spacial score (nSPS) is 11.6. The minimum Gasteiger partial charge on any atom is -0.726 e. The Bertz CT molecular complexity index is 385. The molecule has 0 saturated heterocycles. The Balaban J connectivity index is 0. The van der Waals surface area contributed by atoms with Crippen molar-refractivity contribution < 1.29 is 31.4 Å². The van der Waals surface area contributed by atoms with Gasteiger partial charge in [0.1, 0.15) is 20.1 Å². The highest BCUT2D eigenvalue weighted by Gasteiger charge is 2.26. The summed E-state index contributed by atoms with van der Waals surface area (Å²) in [7, 11) is 0.0734. The first-order valence-electron chi connectivity index (χ1n) is 5.08. The van der Waals surface area contributed by atoms with Crippen molar-refractivity contribution in [2.75, 3.05) is 21.2 Å². The predicted molar refractivity (Wildman–Crippen MR) is 64.9 cm³/mol. The molecule has 0 bridgehead atoms. The molecule has 0 fully saturated rings. The minimum atomic E-state index is -4.41. The van der Waals surface area contributed by atoms with Crippen LogP contribution in [0.15, 0.2) is 12.2 Å². The highest BCUT2D eigenvalue weighted by molar-refractivity contribution is 7.80. The lowest BCUT2D eigenvalue weighted by Gasteiger charge is -2.29. The standard InChI is InChI=1S/C9H18NO2.CH4O4S/c1-7(2)9(11)12-10(5,6)8(3)4;1-5-6(2,3)4/h8H,1H2,2-6H3;1H3,(H,2,3,4)/q+1;/p-1. The maximum Gasteiger partial charge on any atom is 0.392 e. The van der Waals surface area contributed by atoms with Gasteiger partial charge in [-0.15, -0.1) is 4.65 Å². The maximum atomic E-state index is 11.1. The molecular weight excluding hydrogens is 262 g/mol. The number of nitrogens with zero attached hydrogens (tertiary/aromatic N) is 1. The number of quaternary nitrogens is 1. The lowest BCUT2D eigenvalue weighted by atomic mass is 10.3. The van der Waals surface area contributed by atoms with Gasteiger partial charge in [-0.05, 0) is 20.8 Å². The number of hydrogen-bond donors (Lipinski definition) is 0. The third kappa shape index (κ3) is 10.2. The number of carbonyl (C=O) groups is 1. The summed E-state index contributed by atoms with van der Waals surface area (Å²) in [5.74, 6) is -0.339. The molecule has 0 N–H and O–H groups in total. The largest absolute Gasteiger partial charge is 0.726 e. The second-order valence-electron chi connectivity index (χ2n) is 4.26. The Hall–Kier alpha value is -0.960. The molecule has 0 aliphatic carbocycles. The van der Waals surface area contributed by atoms with E-state index >= 15 is 0 Å². The number of hydroxylamine groups is 3. The highest BCUT2D eigenvalue weighted by Crippen LogP contribution is 2.08. The van der Waals surface area contributed by atoms with Crippen molar-refractivity contribution in [2.45, 2.75) is 26.8 Å². The molecule has 0 aromatic heterocycles. The lowest BCUT2D eigenvalue weighted by Crippen LogP contribution is -2.47. The smallest absolute Gasteiger partial charge is 0.392 e. The van der Waals surface area contributed by atoms with E-state index in [0.717, 1.165) is 7.11 Å². The predicted octanol–water partition coefficient (Wildman–Crippen LogP) is 0.599. The zero-order valence-corrected chi connectivity index (χ0v) is 12.4. The van der Waals surface area contributed by atoms with E-state index in [9.17, 15) is 17.8 Å². The van der Waals surface area contributed by atoms with Crippen molar-refractivity contribution >= 4 is 16.4 Å². The van der Waals surface area contributed by atoms with Crippen molar-refractivity contribution in [3.63, 3.8) is 0 Å². The van der Waals surface area contributed by atoms with Crippen LogP contribution >= 0.6 is 0 Å². The zero-order chi connectivity index (χ0) is 15.1. The monoisotopic (exact) mass is 283 g/mol. The van der Waals surface area contributed by atoms with E-state index in [4.69, 9.17) is 4.84 Å². The molecule has 0 radical (unpaired) electrons. The minimum absolute atomic E-state index is 0.228. The van der Waals surface area contributed by atoms with Crippen LogP contribution in [-0.4, -0.2) is 50.8 Å². The van der Waals surface area contributed by atoms with Gasteiger partial charge in [0.25, 0.3) is 0 Å². The highest BCUT2D eigenvalue weighted by atomic mass is 32.3. The lowest BCUT2D eigenvalue weighted by molar-refractivity contribution is -1.08. The Morgan fingerprint density at radius 2 is 1.67 bits per heavy atom. The van der Waals surface area contributed by atoms with Crippen LogP contribution in [0.2, 0.25) is 0 Å². The maximum absolute atomic E-state index is 11.1. The molecule has 0 rings (SSSR count). The first-order chi connectivity index (χ1) is 7.83. The molecule has 108 valence electrons. The first kappa shape index (κ1) is 19.4. The van der Waals surface area contributed by atoms with Crippen LogP contribution < -0.4 is 0 Å². The van der Waals surface area contributed by atoms with Crippen molar-refractivity contribution in [1.82, 2.24) is 0 Å². The fourth-order valence-electron chi connectivity index (χ4n) is 0.397. The molecular formula is C10H21NO6S. The average Bonchev–Trinajstić information content (AvgIpc) is 2.16. The van der Waals surface area contributed by atoms with Crippen LogP contribution in [0.3, 0.4) is 0 Å². The molecule has 18 heavy (non-hydrogen) atoms. The summed E-state index contributed by atoms with van der Waals surface area (Å²) in [6.07, 6.45) is 0. The second kappa shape index (κ2) is 7.47. The molecule has 0 atom stereocenters. The second-order valence-corrected chi connectivity index (χ2v) is 5.41. The van der Waals surface area contributed by atoms with E-state index in [-0.39, 0.29) is 16.7 Å². The fraction of sp³-hybridized carbons (Fsp3) is 0.700. The Kier molecular flexibility index (Phi) is 8.04. The van der Waals surface area contributed by atoms with Crippen LogP contribution in [0.4, 0.5) is 0 Å². The Morgan fingerprint density at radius 3 is 1.83 bits per heavy atom. The van der Waals surface area contributed by atoms with E-state index in [1.54, 1.807) is 6.92 Å². The van der Waals surface area contributed by atoms with Gasteiger partial charge in [-0.3, -0.25) is 9.02 Å². The first-order valence-corrected chi connectivity index (χ1v) is 6.41. The molecule has 0 amide bonds. The van der Waals surface area contributed by atoms with Gasteiger partial charge in [-0.25, -0.2) is 13.2 Å². The number of hydrogen-bond acceptors (Lipinski definition) is 6. The summed E-state index contributed by atoms with van der Waals surface area (Å²) in [6, 6.07) is 0.244. The zero-order valence-electron chi connectivity index (χ0n) is 11.6. The topological polar surface area (TPSA) is 92.7 Å². The van der Waals surface area contributed by atoms with Crippen LogP contribution in [0.5, 0.6) is 0 Å². The molecule has 0 spiro atoms.